The second-order valence-corrected chi connectivity index (χ2v) is 6.51. The van der Waals surface area contributed by atoms with Gasteiger partial charge in [-0.25, -0.2) is 9.59 Å². The van der Waals surface area contributed by atoms with Crippen LogP contribution in [0.1, 0.15) is 27.7 Å². The molecule has 0 N–H and O–H groups in total. The van der Waals surface area contributed by atoms with Crippen molar-refractivity contribution in [2.24, 2.45) is 17.3 Å². The molecule has 22 heavy (non-hydrogen) atoms. The number of hydrogen-bond acceptors (Lipinski definition) is 4. The highest BCUT2D eigenvalue weighted by Crippen LogP contribution is 2.59. The predicted octanol–water partition coefficient (Wildman–Crippen LogP) is 1.58. The highest BCUT2D eigenvalue weighted by Gasteiger charge is 2.62. The number of allylic oxidation sites excluding steroid dienone is 2. The maximum absolute atomic E-state index is 12.3. The van der Waals surface area contributed by atoms with Crippen LogP contribution in [0, 0.1) is 29.6 Å². The fourth-order valence-electron chi connectivity index (χ4n) is 2.80. The van der Waals surface area contributed by atoms with Crippen LogP contribution in [-0.4, -0.2) is 41.0 Å². The van der Waals surface area contributed by atoms with E-state index in [4.69, 9.17) is 11.3 Å². The Labute approximate surface area is 130 Å². The zero-order valence-electron chi connectivity index (χ0n) is 13.3. The van der Waals surface area contributed by atoms with Gasteiger partial charge in [-0.05, 0) is 25.2 Å². The summed E-state index contributed by atoms with van der Waals surface area (Å²) < 4.78 is 0. The summed E-state index contributed by atoms with van der Waals surface area (Å²) in [5, 5.41) is 0.521. The maximum Gasteiger partial charge on any atom is 0.362 e. The largest absolute Gasteiger partial charge is 0.362 e. The lowest BCUT2D eigenvalue weighted by atomic mass is 10.1. The van der Waals surface area contributed by atoms with Gasteiger partial charge < -0.3 is 9.74 Å². The van der Waals surface area contributed by atoms with Crippen molar-refractivity contribution >= 4 is 17.9 Å². The van der Waals surface area contributed by atoms with Crippen molar-refractivity contribution < 1.29 is 19.2 Å². The van der Waals surface area contributed by atoms with Crippen molar-refractivity contribution in [3.63, 3.8) is 0 Å². The third-order valence-corrected chi connectivity index (χ3v) is 4.14. The van der Waals surface area contributed by atoms with Gasteiger partial charge in [-0.1, -0.05) is 36.5 Å². The molecule has 0 unspecified atom stereocenters. The topological polar surface area (TPSA) is 66.9 Å². The first-order valence-electron chi connectivity index (χ1n) is 7.12. The van der Waals surface area contributed by atoms with E-state index >= 15 is 0 Å². The van der Waals surface area contributed by atoms with Crippen LogP contribution in [0.3, 0.4) is 0 Å². The molecule has 0 aromatic carbocycles. The zero-order chi connectivity index (χ0) is 16.7. The van der Waals surface area contributed by atoms with Crippen LogP contribution >= 0.6 is 0 Å². The van der Waals surface area contributed by atoms with Gasteiger partial charge in [-0.2, -0.15) is 0 Å². The number of hydrogen-bond donors (Lipinski definition) is 0. The molecule has 0 bridgehead atoms. The van der Waals surface area contributed by atoms with E-state index in [1.54, 1.807) is 0 Å². The number of carbonyl (C=O) groups is 3. The maximum atomic E-state index is 12.3. The quantitative estimate of drug-likeness (QED) is 0.449. The number of carbonyl (C=O) groups excluding carboxylic acids is 3. The molecular weight excluding hydrogens is 284 g/mol. The van der Waals surface area contributed by atoms with E-state index in [-0.39, 0.29) is 30.3 Å². The van der Waals surface area contributed by atoms with E-state index in [0.29, 0.717) is 5.06 Å². The van der Waals surface area contributed by atoms with E-state index in [0.717, 1.165) is 10.5 Å². The lowest BCUT2D eigenvalue weighted by molar-refractivity contribution is -0.184. The number of terminal acetylenes is 1. The van der Waals surface area contributed by atoms with Gasteiger partial charge in [-0.15, -0.1) is 6.42 Å². The minimum Gasteiger partial charge on any atom is -0.328 e. The third kappa shape index (κ3) is 2.71. The van der Waals surface area contributed by atoms with E-state index in [2.05, 4.69) is 5.92 Å². The molecule has 1 saturated heterocycles. The average Bonchev–Trinajstić information content (AvgIpc) is 2.83. The molecule has 1 heterocycles. The van der Waals surface area contributed by atoms with E-state index < -0.39 is 17.9 Å². The van der Waals surface area contributed by atoms with E-state index in [9.17, 15) is 14.4 Å². The highest BCUT2D eigenvalue weighted by molar-refractivity contribution is 6.02. The summed E-state index contributed by atoms with van der Waals surface area (Å²) in [5.41, 5.74) is 0.875. The molecule has 1 aliphatic carbocycles. The van der Waals surface area contributed by atoms with Crippen molar-refractivity contribution in [2.75, 3.05) is 13.1 Å². The second kappa shape index (κ2) is 5.48. The van der Waals surface area contributed by atoms with Crippen molar-refractivity contribution in [2.45, 2.75) is 27.7 Å². The van der Waals surface area contributed by atoms with Crippen LogP contribution in [0.2, 0.25) is 0 Å². The Hall–Kier alpha value is -2.29. The van der Waals surface area contributed by atoms with Crippen LogP contribution in [0.4, 0.5) is 4.79 Å². The molecule has 0 spiro atoms. The number of hydroxylamine groups is 2. The molecule has 0 radical (unpaired) electrons. The lowest BCUT2D eigenvalue weighted by Gasteiger charge is -2.14. The molecule has 0 aromatic heterocycles. The Kier molecular flexibility index (Phi) is 4.01. The monoisotopic (exact) mass is 304 g/mol. The van der Waals surface area contributed by atoms with Crippen molar-refractivity contribution in [1.82, 2.24) is 9.96 Å². The molecule has 2 atom stereocenters. The molecule has 2 rings (SSSR count). The fourth-order valence-corrected chi connectivity index (χ4v) is 2.80. The predicted molar refractivity (Wildman–Crippen MR) is 78.9 cm³/mol. The Morgan fingerprint density at radius 3 is 2.64 bits per heavy atom. The van der Waals surface area contributed by atoms with Crippen LogP contribution in [0.15, 0.2) is 11.6 Å². The molecule has 118 valence electrons. The van der Waals surface area contributed by atoms with Crippen molar-refractivity contribution in [3.8, 4) is 12.3 Å². The number of rotatable bonds is 4. The summed E-state index contributed by atoms with van der Waals surface area (Å²) in [4.78, 5) is 42.2. The first-order chi connectivity index (χ1) is 10.2. The summed E-state index contributed by atoms with van der Waals surface area (Å²) in [6, 6.07) is -0.687. The van der Waals surface area contributed by atoms with Crippen LogP contribution in [0.25, 0.3) is 0 Å². The first kappa shape index (κ1) is 16.1. The standard InChI is InChI=1S/C16H20N2O4/c1-6-7-17-9-12(19)18(15(17)21)22-14(20)13-11(8-10(2)3)16(13,4)5/h1,8,11,13H,7,9H2,2-5H3/t11-,13-/m1/s1. The summed E-state index contributed by atoms with van der Waals surface area (Å²) >= 11 is 0. The summed E-state index contributed by atoms with van der Waals surface area (Å²) in [6.07, 6.45) is 7.15. The van der Waals surface area contributed by atoms with E-state index in [1.807, 2.05) is 33.8 Å². The van der Waals surface area contributed by atoms with Gasteiger partial charge in [0.2, 0.25) is 0 Å². The van der Waals surface area contributed by atoms with Crippen LogP contribution in [-0.2, 0) is 14.4 Å². The summed E-state index contributed by atoms with van der Waals surface area (Å²) in [7, 11) is 0. The zero-order valence-corrected chi connectivity index (χ0v) is 13.3. The molecular formula is C16H20N2O4. The van der Waals surface area contributed by atoms with Gasteiger partial charge >= 0.3 is 12.0 Å². The minimum absolute atomic E-state index is 0.00787. The smallest absolute Gasteiger partial charge is 0.328 e. The number of urea groups is 1. The Balaban J connectivity index is 2.05. The van der Waals surface area contributed by atoms with Crippen molar-refractivity contribution in [1.29, 1.82) is 0 Å². The van der Waals surface area contributed by atoms with Gasteiger partial charge in [0.1, 0.15) is 6.54 Å². The number of amides is 3. The molecule has 0 aromatic rings. The summed E-state index contributed by atoms with van der Waals surface area (Å²) in [6.45, 7) is 7.68. The third-order valence-electron chi connectivity index (χ3n) is 4.14. The molecule has 6 nitrogen and oxygen atoms in total. The van der Waals surface area contributed by atoms with Crippen LogP contribution in [0.5, 0.6) is 0 Å². The SMILES string of the molecule is C#CCN1CC(=O)N(OC(=O)[C@H]2[C@@H](C=C(C)C)C2(C)C)C1=O. The number of imide groups is 1. The van der Waals surface area contributed by atoms with Crippen molar-refractivity contribution in [3.05, 3.63) is 11.6 Å². The first-order valence-corrected chi connectivity index (χ1v) is 7.12. The summed E-state index contributed by atoms with van der Waals surface area (Å²) in [5.74, 6) is 0.851. The highest BCUT2D eigenvalue weighted by atomic mass is 16.7. The van der Waals surface area contributed by atoms with Crippen LogP contribution < -0.4 is 0 Å². The molecule has 2 aliphatic rings. The minimum atomic E-state index is -0.687. The Morgan fingerprint density at radius 2 is 2.09 bits per heavy atom. The molecule has 6 heteroatoms. The molecule has 1 aliphatic heterocycles. The molecule has 1 saturated carbocycles. The van der Waals surface area contributed by atoms with Gasteiger partial charge in [0.25, 0.3) is 5.91 Å². The second-order valence-electron chi connectivity index (χ2n) is 6.51. The fraction of sp³-hybridized carbons (Fsp3) is 0.562. The average molecular weight is 304 g/mol. The van der Waals surface area contributed by atoms with Gasteiger partial charge in [0.05, 0.1) is 12.5 Å². The Bertz CT molecular complexity index is 596. The number of nitrogens with zero attached hydrogens (tertiary/aromatic N) is 2. The lowest BCUT2D eigenvalue weighted by Crippen LogP contribution is -2.36. The van der Waals surface area contributed by atoms with Gasteiger partial charge in [0, 0.05) is 0 Å². The molecule has 2 fully saturated rings. The Morgan fingerprint density at radius 1 is 1.45 bits per heavy atom. The molecule has 3 amide bonds. The van der Waals surface area contributed by atoms with Gasteiger partial charge in [-0.3, -0.25) is 4.79 Å². The van der Waals surface area contributed by atoms with E-state index in [1.165, 1.54) is 0 Å². The normalized spacial score (nSPS) is 25.8. The van der Waals surface area contributed by atoms with Gasteiger partial charge in [0.15, 0.2) is 0 Å².